The van der Waals surface area contributed by atoms with Crippen molar-refractivity contribution in [1.82, 2.24) is 0 Å². The van der Waals surface area contributed by atoms with Crippen LogP contribution in [0, 0.1) is 13.8 Å². The predicted molar refractivity (Wildman–Crippen MR) is 103 cm³/mol. The van der Waals surface area contributed by atoms with Crippen molar-refractivity contribution in [2.75, 3.05) is 18.5 Å². The fraction of sp³-hybridized carbons (Fsp3) is 0.235. The zero-order valence-corrected chi connectivity index (χ0v) is 15.2. The number of nitrogens with zero attached hydrogens (tertiary/aromatic N) is 1. The highest BCUT2D eigenvalue weighted by molar-refractivity contribution is 14.0. The fourth-order valence-electron chi connectivity index (χ4n) is 2.05. The molecule has 0 aliphatic rings. The number of benzene rings is 2. The summed E-state index contributed by atoms with van der Waals surface area (Å²) in [4.78, 5) is 4.24. The van der Waals surface area contributed by atoms with Crippen LogP contribution in [0.4, 0.5) is 5.69 Å². The molecule has 2 aromatic rings. The number of anilines is 1. The van der Waals surface area contributed by atoms with E-state index in [0.29, 0.717) is 19.1 Å². The molecule has 0 heterocycles. The molecule has 4 nitrogen and oxygen atoms in total. The molecule has 22 heavy (non-hydrogen) atoms. The number of hydrogen-bond acceptors (Lipinski definition) is 2. The third-order valence-corrected chi connectivity index (χ3v) is 2.88. The topological polar surface area (TPSA) is 59.6 Å². The minimum Gasteiger partial charge on any atom is -0.492 e. The maximum Gasteiger partial charge on any atom is 0.193 e. The van der Waals surface area contributed by atoms with Crippen molar-refractivity contribution in [3.8, 4) is 5.75 Å². The van der Waals surface area contributed by atoms with Gasteiger partial charge in [0.15, 0.2) is 5.96 Å². The minimum absolute atomic E-state index is 0. The largest absolute Gasteiger partial charge is 0.492 e. The Labute approximate surface area is 148 Å². The van der Waals surface area contributed by atoms with E-state index in [4.69, 9.17) is 10.5 Å². The summed E-state index contributed by atoms with van der Waals surface area (Å²) < 4.78 is 5.68. The first kappa shape index (κ1) is 18.3. The molecule has 0 saturated carbocycles. The van der Waals surface area contributed by atoms with Crippen molar-refractivity contribution in [3.05, 3.63) is 59.7 Å². The van der Waals surface area contributed by atoms with Crippen LogP contribution in [0.3, 0.4) is 0 Å². The van der Waals surface area contributed by atoms with Crippen LogP contribution < -0.4 is 15.8 Å². The van der Waals surface area contributed by atoms with E-state index < -0.39 is 0 Å². The molecule has 2 rings (SSSR count). The number of aryl methyl sites for hydroxylation is 2. The molecule has 3 N–H and O–H groups in total. The standard InChI is InChI=1S/C17H21N3O.HI/c1-13-10-14(2)12-16(11-13)21-9-8-19-17(18)20-15-6-4-3-5-7-15;/h3-7,10-12H,8-9H2,1-2H3,(H3,18,19,20);1H. The molecule has 0 saturated heterocycles. The molecule has 0 bridgehead atoms. The molecule has 0 atom stereocenters. The average Bonchev–Trinajstić information content (AvgIpc) is 2.44. The van der Waals surface area contributed by atoms with Gasteiger partial charge in [0.05, 0.1) is 6.54 Å². The molecule has 0 radical (unpaired) electrons. The van der Waals surface area contributed by atoms with Gasteiger partial charge in [-0.2, -0.15) is 0 Å². The van der Waals surface area contributed by atoms with Gasteiger partial charge in [0.2, 0.25) is 0 Å². The number of nitrogens with two attached hydrogens (primary N) is 1. The van der Waals surface area contributed by atoms with Gasteiger partial charge in [-0.25, -0.2) is 4.99 Å². The molecule has 5 heteroatoms. The summed E-state index contributed by atoms with van der Waals surface area (Å²) in [5.74, 6) is 1.27. The van der Waals surface area contributed by atoms with E-state index in [1.165, 1.54) is 11.1 Å². The SMILES string of the molecule is Cc1cc(C)cc(OCCN=C(N)Nc2ccccc2)c1.I. The number of aliphatic imine (C=N–C) groups is 1. The molecule has 2 aromatic carbocycles. The van der Waals surface area contributed by atoms with Gasteiger partial charge in [0.1, 0.15) is 12.4 Å². The first-order valence-corrected chi connectivity index (χ1v) is 6.96. The van der Waals surface area contributed by atoms with Crippen molar-refractivity contribution in [2.45, 2.75) is 13.8 Å². The first-order valence-electron chi connectivity index (χ1n) is 6.96. The van der Waals surface area contributed by atoms with E-state index in [1.54, 1.807) is 0 Å². The quantitative estimate of drug-likeness (QED) is 0.341. The Bertz CT molecular complexity index is 594. The van der Waals surface area contributed by atoms with Crippen LogP contribution in [-0.2, 0) is 0 Å². The summed E-state index contributed by atoms with van der Waals surface area (Å²) in [6, 6.07) is 15.9. The number of para-hydroxylation sites is 1. The van der Waals surface area contributed by atoms with E-state index in [9.17, 15) is 0 Å². The smallest absolute Gasteiger partial charge is 0.193 e. The molecular formula is C17H22IN3O. The second-order valence-electron chi connectivity index (χ2n) is 4.93. The zero-order chi connectivity index (χ0) is 15.1. The summed E-state index contributed by atoms with van der Waals surface area (Å²) in [7, 11) is 0. The maximum absolute atomic E-state index is 5.82. The lowest BCUT2D eigenvalue weighted by atomic mass is 10.1. The Kier molecular flexibility index (Phi) is 7.73. The van der Waals surface area contributed by atoms with Crippen molar-refractivity contribution in [3.63, 3.8) is 0 Å². The van der Waals surface area contributed by atoms with Gasteiger partial charge in [0.25, 0.3) is 0 Å². The van der Waals surface area contributed by atoms with Gasteiger partial charge < -0.3 is 15.8 Å². The van der Waals surface area contributed by atoms with Crippen molar-refractivity contribution in [2.24, 2.45) is 10.7 Å². The molecule has 0 aliphatic carbocycles. The van der Waals surface area contributed by atoms with Gasteiger partial charge in [-0.1, -0.05) is 24.3 Å². The van der Waals surface area contributed by atoms with Gasteiger partial charge in [-0.3, -0.25) is 0 Å². The highest BCUT2D eigenvalue weighted by atomic mass is 127. The molecule has 0 unspecified atom stereocenters. The molecule has 118 valence electrons. The molecule has 0 aromatic heterocycles. The van der Waals surface area contributed by atoms with E-state index in [1.807, 2.05) is 42.5 Å². The monoisotopic (exact) mass is 411 g/mol. The predicted octanol–water partition coefficient (Wildman–Crippen LogP) is 3.73. The van der Waals surface area contributed by atoms with Crippen LogP contribution in [0.5, 0.6) is 5.75 Å². The highest BCUT2D eigenvalue weighted by Crippen LogP contribution is 2.15. The Morgan fingerprint density at radius 1 is 1.09 bits per heavy atom. The van der Waals surface area contributed by atoms with E-state index >= 15 is 0 Å². The summed E-state index contributed by atoms with van der Waals surface area (Å²) in [5.41, 5.74) is 9.13. The highest BCUT2D eigenvalue weighted by Gasteiger charge is 1.97. The van der Waals surface area contributed by atoms with Gasteiger partial charge >= 0.3 is 0 Å². The van der Waals surface area contributed by atoms with Crippen molar-refractivity contribution in [1.29, 1.82) is 0 Å². The van der Waals surface area contributed by atoms with Gasteiger partial charge in [-0.15, -0.1) is 24.0 Å². The maximum atomic E-state index is 5.82. The first-order chi connectivity index (χ1) is 10.1. The third kappa shape index (κ3) is 6.34. The molecule has 0 aliphatic heterocycles. The third-order valence-electron chi connectivity index (χ3n) is 2.88. The van der Waals surface area contributed by atoms with E-state index in [-0.39, 0.29) is 24.0 Å². The number of nitrogens with one attached hydrogen (secondary N) is 1. The summed E-state index contributed by atoms with van der Waals surface area (Å²) in [5, 5.41) is 3.03. The molecular weight excluding hydrogens is 389 g/mol. The molecule has 0 fully saturated rings. The number of guanidine groups is 1. The van der Waals surface area contributed by atoms with Crippen LogP contribution in [0.1, 0.15) is 11.1 Å². The number of halogens is 1. The second-order valence-corrected chi connectivity index (χ2v) is 4.93. The van der Waals surface area contributed by atoms with E-state index in [2.05, 4.69) is 30.2 Å². The van der Waals surface area contributed by atoms with E-state index in [0.717, 1.165) is 11.4 Å². The normalized spacial score (nSPS) is 10.7. The summed E-state index contributed by atoms with van der Waals surface area (Å²) in [6.45, 7) is 5.12. The number of rotatable bonds is 5. The van der Waals surface area contributed by atoms with Crippen LogP contribution in [0.15, 0.2) is 53.5 Å². The average molecular weight is 411 g/mol. The van der Waals surface area contributed by atoms with Gasteiger partial charge in [0, 0.05) is 5.69 Å². The fourth-order valence-corrected chi connectivity index (χ4v) is 2.05. The molecule has 0 amide bonds. The lowest BCUT2D eigenvalue weighted by molar-refractivity contribution is 0.328. The lowest BCUT2D eigenvalue weighted by Gasteiger charge is -2.08. The lowest BCUT2D eigenvalue weighted by Crippen LogP contribution is -2.23. The van der Waals surface area contributed by atoms with Gasteiger partial charge in [-0.05, 0) is 49.2 Å². The number of ether oxygens (including phenoxy) is 1. The Balaban J connectivity index is 0.00000242. The minimum atomic E-state index is 0. The Hall–Kier alpha value is -1.76. The van der Waals surface area contributed by atoms with Crippen molar-refractivity contribution >= 4 is 35.6 Å². The van der Waals surface area contributed by atoms with Crippen LogP contribution in [0.2, 0.25) is 0 Å². The number of hydrogen-bond donors (Lipinski definition) is 2. The molecule has 0 spiro atoms. The Morgan fingerprint density at radius 2 is 1.73 bits per heavy atom. The summed E-state index contributed by atoms with van der Waals surface area (Å²) in [6.07, 6.45) is 0. The Morgan fingerprint density at radius 3 is 2.36 bits per heavy atom. The van der Waals surface area contributed by atoms with Crippen LogP contribution >= 0.6 is 24.0 Å². The van der Waals surface area contributed by atoms with Crippen LogP contribution in [-0.4, -0.2) is 19.1 Å². The van der Waals surface area contributed by atoms with Crippen LogP contribution in [0.25, 0.3) is 0 Å². The summed E-state index contributed by atoms with van der Waals surface area (Å²) >= 11 is 0. The zero-order valence-electron chi connectivity index (χ0n) is 12.9. The van der Waals surface area contributed by atoms with Crippen molar-refractivity contribution < 1.29 is 4.74 Å². The second kappa shape index (κ2) is 9.30.